The summed E-state index contributed by atoms with van der Waals surface area (Å²) in [4.78, 5) is 11.2. The first-order valence-electron chi connectivity index (χ1n) is 5.73. The topological polar surface area (TPSA) is 64.3 Å². The average Bonchev–Trinajstić information content (AvgIpc) is 2.77. The second-order valence-corrected chi connectivity index (χ2v) is 4.68. The monoisotopic (exact) mass is 280 g/mol. The van der Waals surface area contributed by atoms with Gasteiger partial charge in [-0.1, -0.05) is 17.7 Å². The van der Waals surface area contributed by atoms with Crippen molar-refractivity contribution in [2.45, 2.75) is 19.9 Å². The Kier molecular flexibility index (Phi) is 3.76. The van der Waals surface area contributed by atoms with Crippen LogP contribution in [0.1, 0.15) is 30.2 Å². The Morgan fingerprint density at radius 2 is 2.21 bits per heavy atom. The van der Waals surface area contributed by atoms with Crippen LogP contribution in [0, 0.1) is 0 Å². The number of hydrogen-bond acceptors (Lipinski definition) is 3. The lowest BCUT2D eigenvalue weighted by molar-refractivity contribution is 0.0694. The number of carboxylic acids is 1. The SMILES string of the molecule is CC(C)n1cc(Oc2cccc(Cl)c2C(=O)O)cn1. The van der Waals surface area contributed by atoms with Gasteiger partial charge in [-0.05, 0) is 26.0 Å². The summed E-state index contributed by atoms with van der Waals surface area (Å²) in [7, 11) is 0. The van der Waals surface area contributed by atoms with Crippen molar-refractivity contribution in [3.8, 4) is 11.5 Å². The fourth-order valence-electron chi connectivity index (χ4n) is 1.58. The van der Waals surface area contributed by atoms with E-state index in [0.29, 0.717) is 5.75 Å². The summed E-state index contributed by atoms with van der Waals surface area (Å²) in [5.74, 6) is -0.460. The molecule has 0 aliphatic rings. The number of carboxylic acid groups (broad SMARTS) is 1. The van der Waals surface area contributed by atoms with Gasteiger partial charge in [-0.15, -0.1) is 0 Å². The predicted octanol–water partition coefficient (Wildman–Crippen LogP) is 3.61. The normalized spacial score (nSPS) is 10.7. The maximum Gasteiger partial charge on any atom is 0.341 e. The number of aromatic nitrogens is 2. The Balaban J connectivity index is 2.32. The summed E-state index contributed by atoms with van der Waals surface area (Å²) in [6.07, 6.45) is 3.24. The minimum Gasteiger partial charge on any atom is -0.478 e. The molecule has 6 heteroatoms. The van der Waals surface area contributed by atoms with E-state index in [1.165, 1.54) is 12.3 Å². The number of benzene rings is 1. The Morgan fingerprint density at radius 1 is 1.47 bits per heavy atom. The lowest BCUT2D eigenvalue weighted by Crippen LogP contribution is -2.01. The molecule has 0 unspecified atom stereocenters. The molecule has 1 aromatic heterocycles. The molecule has 0 aliphatic carbocycles. The van der Waals surface area contributed by atoms with Crippen LogP contribution >= 0.6 is 11.6 Å². The molecule has 0 amide bonds. The fourth-order valence-corrected chi connectivity index (χ4v) is 1.83. The summed E-state index contributed by atoms with van der Waals surface area (Å²) in [6.45, 7) is 3.97. The van der Waals surface area contributed by atoms with Gasteiger partial charge >= 0.3 is 5.97 Å². The molecule has 1 aromatic carbocycles. The molecule has 1 heterocycles. The first kappa shape index (κ1) is 13.4. The third-order valence-electron chi connectivity index (χ3n) is 2.52. The molecule has 0 bridgehead atoms. The highest BCUT2D eigenvalue weighted by Gasteiger charge is 2.16. The summed E-state index contributed by atoms with van der Waals surface area (Å²) < 4.78 is 7.26. The van der Waals surface area contributed by atoms with Crippen LogP contribution in [0.15, 0.2) is 30.6 Å². The molecule has 1 N–H and O–H groups in total. The van der Waals surface area contributed by atoms with E-state index >= 15 is 0 Å². The smallest absolute Gasteiger partial charge is 0.341 e. The van der Waals surface area contributed by atoms with E-state index < -0.39 is 5.97 Å². The second kappa shape index (κ2) is 5.32. The third kappa shape index (κ3) is 2.88. The zero-order valence-corrected chi connectivity index (χ0v) is 11.3. The fraction of sp³-hybridized carbons (Fsp3) is 0.231. The van der Waals surface area contributed by atoms with Crippen molar-refractivity contribution < 1.29 is 14.6 Å². The Bertz CT molecular complexity index is 608. The second-order valence-electron chi connectivity index (χ2n) is 4.27. The van der Waals surface area contributed by atoms with Crippen molar-refractivity contribution in [2.75, 3.05) is 0 Å². The van der Waals surface area contributed by atoms with Gasteiger partial charge in [0, 0.05) is 6.04 Å². The number of halogens is 1. The quantitative estimate of drug-likeness (QED) is 0.929. The van der Waals surface area contributed by atoms with Crippen LogP contribution in [-0.2, 0) is 0 Å². The largest absolute Gasteiger partial charge is 0.478 e. The number of ether oxygens (including phenoxy) is 1. The Labute approximate surface area is 115 Å². The van der Waals surface area contributed by atoms with Gasteiger partial charge in [0.1, 0.15) is 11.3 Å². The molecule has 0 atom stereocenters. The maximum atomic E-state index is 11.2. The molecule has 2 aromatic rings. The molecule has 0 spiro atoms. The summed E-state index contributed by atoms with van der Waals surface area (Å²) in [6, 6.07) is 4.91. The molecular weight excluding hydrogens is 268 g/mol. The number of aromatic carboxylic acids is 1. The summed E-state index contributed by atoms with van der Waals surface area (Å²) in [5, 5.41) is 13.4. The summed E-state index contributed by atoms with van der Waals surface area (Å²) in [5.41, 5.74) is -0.0542. The van der Waals surface area contributed by atoms with Gasteiger partial charge in [-0.25, -0.2) is 4.79 Å². The number of nitrogens with zero attached hydrogens (tertiary/aromatic N) is 2. The van der Waals surface area contributed by atoms with Gasteiger partial charge < -0.3 is 9.84 Å². The van der Waals surface area contributed by atoms with E-state index in [4.69, 9.17) is 21.4 Å². The van der Waals surface area contributed by atoms with Gasteiger partial charge in [0.15, 0.2) is 5.75 Å². The van der Waals surface area contributed by atoms with E-state index in [1.54, 1.807) is 23.0 Å². The molecule has 5 nitrogen and oxygen atoms in total. The first-order chi connectivity index (χ1) is 8.99. The van der Waals surface area contributed by atoms with Crippen molar-refractivity contribution in [3.63, 3.8) is 0 Å². The van der Waals surface area contributed by atoms with Crippen LogP contribution in [0.5, 0.6) is 11.5 Å². The number of hydrogen-bond donors (Lipinski definition) is 1. The van der Waals surface area contributed by atoms with Crippen molar-refractivity contribution >= 4 is 17.6 Å². The van der Waals surface area contributed by atoms with Gasteiger partial charge in [0.05, 0.1) is 17.4 Å². The molecule has 2 rings (SSSR count). The molecular formula is C13H13ClN2O3. The van der Waals surface area contributed by atoms with Gasteiger partial charge in [0.25, 0.3) is 0 Å². The Hall–Kier alpha value is -2.01. The van der Waals surface area contributed by atoms with Crippen LogP contribution < -0.4 is 4.74 Å². The van der Waals surface area contributed by atoms with Crippen molar-refractivity contribution in [3.05, 3.63) is 41.2 Å². The maximum absolute atomic E-state index is 11.2. The van der Waals surface area contributed by atoms with Crippen LogP contribution in [0.3, 0.4) is 0 Å². The lowest BCUT2D eigenvalue weighted by atomic mass is 10.2. The van der Waals surface area contributed by atoms with E-state index in [2.05, 4.69) is 5.10 Å². The van der Waals surface area contributed by atoms with E-state index in [0.717, 1.165) is 0 Å². The van der Waals surface area contributed by atoms with Crippen LogP contribution in [-0.4, -0.2) is 20.9 Å². The molecule has 0 aliphatic heterocycles. The lowest BCUT2D eigenvalue weighted by Gasteiger charge is -2.08. The zero-order valence-electron chi connectivity index (χ0n) is 10.5. The molecule has 0 fully saturated rings. The van der Waals surface area contributed by atoms with Gasteiger partial charge in [-0.2, -0.15) is 5.10 Å². The van der Waals surface area contributed by atoms with Gasteiger partial charge in [0.2, 0.25) is 0 Å². The Morgan fingerprint density at radius 3 is 2.79 bits per heavy atom. The van der Waals surface area contributed by atoms with Crippen molar-refractivity contribution in [2.24, 2.45) is 0 Å². The minimum absolute atomic E-state index is 0.0542. The highest BCUT2D eigenvalue weighted by Crippen LogP contribution is 2.30. The summed E-state index contributed by atoms with van der Waals surface area (Å²) >= 11 is 5.86. The van der Waals surface area contributed by atoms with Crippen LogP contribution in [0.25, 0.3) is 0 Å². The molecule has 19 heavy (non-hydrogen) atoms. The van der Waals surface area contributed by atoms with Gasteiger partial charge in [-0.3, -0.25) is 4.68 Å². The first-order valence-corrected chi connectivity index (χ1v) is 6.10. The van der Waals surface area contributed by atoms with Crippen LogP contribution in [0.4, 0.5) is 0 Å². The molecule has 0 saturated carbocycles. The zero-order chi connectivity index (χ0) is 14.0. The highest BCUT2D eigenvalue weighted by molar-refractivity contribution is 6.33. The highest BCUT2D eigenvalue weighted by atomic mass is 35.5. The van der Waals surface area contributed by atoms with Crippen molar-refractivity contribution in [1.82, 2.24) is 9.78 Å². The number of rotatable bonds is 4. The average molecular weight is 281 g/mol. The van der Waals surface area contributed by atoms with E-state index in [-0.39, 0.29) is 22.4 Å². The van der Waals surface area contributed by atoms with Crippen LogP contribution in [0.2, 0.25) is 5.02 Å². The number of carbonyl (C=O) groups is 1. The third-order valence-corrected chi connectivity index (χ3v) is 2.84. The standard InChI is InChI=1S/C13H13ClN2O3/c1-8(2)16-7-9(6-15-16)19-11-5-3-4-10(14)12(11)13(17)18/h3-8H,1-2H3,(H,17,18). The molecule has 0 saturated heterocycles. The van der Waals surface area contributed by atoms with E-state index in [9.17, 15) is 4.79 Å². The van der Waals surface area contributed by atoms with Crippen molar-refractivity contribution in [1.29, 1.82) is 0 Å². The molecule has 100 valence electrons. The van der Waals surface area contributed by atoms with E-state index in [1.807, 2.05) is 13.8 Å². The minimum atomic E-state index is -1.13. The predicted molar refractivity (Wildman–Crippen MR) is 71.1 cm³/mol. The molecule has 0 radical (unpaired) electrons.